The number of hydrogen-bond acceptors (Lipinski definition) is 4. The molecule has 1 saturated heterocycles. The summed E-state index contributed by atoms with van der Waals surface area (Å²) < 4.78 is 5.73. The molecule has 0 bridgehead atoms. The molecular weight excluding hydrogens is 378 g/mol. The summed E-state index contributed by atoms with van der Waals surface area (Å²) in [5.74, 6) is 1.20. The van der Waals surface area contributed by atoms with Gasteiger partial charge in [-0.3, -0.25) is 9.59 Å². The number of nitrogens with zero attached hydrogens (tertiary/aromatic N) is 2. The Morgan fingerprint density at radius 2 is 1.87 bits per heavy atom. The molecule has 1 N–H and O–H groups in total. The van der Waals surface area contributed by atoms with Crippen molar-refractivity contribution in [3.63, 3.8) is 0 Å². The van der Waals surface area contributed by atoms with E-state index in [1.54, 1.807) is 12.3 Å². The molecule has 30 heavy (non-hydrogen) atoms. The van der Waals surface area contributed by atoms with Gasteiger partial charge in [-0.1, -0.05) is 18.2 Å². The Hall–Kier alpha value is -2.76. The molecule has 3 aliphatic rings. The molecule has 6 heteroatoms. The van der Waals surface area contributed by atoms with Crippen LogP contribution >= 0.6 is 0 Å². The Morgan fingerprint density at radius 1 is 1.10 bits per heavy atom. The maximum Gasteiger partial charge on any atom is 0.255 e. The number of rotatable bonds is 5. The summed E-state index contributed by atoms with van der Waals surface area (Å²) >= 11 is 0. The summed E-state index contributed by atoms with van der Waals surface area (Å²) in [5.41, 5.74) is 3.18. The van der Waals surface area contributed by atoms with Crippen LogP contribution in [-0.4, -0.2) is 41.9 Å². The minimum atomic E-state index is -0.0779. The first-order chi connectivity index (χ1) is 14.6. The van der Waals surface area contributed by atoms with E-state index in [9.17, 15) is 9.59 Å². The molecule has 1 atom stereocenters. The van der Waals surface area contributed by atoms with Gasteiger partial charge in [0.2, 0.25) is 5.91 Å². The van der Waals surface area contributed by atoms with E-state index >= 15 is 0 Å². The van der Waals surface area contributed by atoms with E-state index in [1.165, 1.54) is 11.3 Å². The third-order valence-electron chi connectivity index (χ3n) is 6.72. The summed E-state index contributed by atoms with van der Waals surface area (Å²) in [6.07, 6.45) is 6.32. The molecule has 2 aromatic rings. The number of likely N-dealkylation sites (tertiary alicyclic amines) is 1. The monoisotopic (exact) mass is 407 g/mol. The summed E-state index contributed by atoms with van der Waals surface area (Å²) in [7, 11) is 0. The van der Waals surface area contributed by atoms with Crippen molar-refractivity contribution in [2.75, 3.05) is 18.0 Å². The van der Waals surface area contributed by atoms with E-state index in [0.29, 0.717) is 29.8 Å². The summed E-state index contributed by atoms with van der Waals surface area (Å²) in [4.78, 5) is 29.5. The maximum atomic E-state index is 13.0. The predicted molar refractivity (Wildman–Crippen MR) is 114 cm³/mol. The van der Waals surface area contributed by atoms with Crippen molar-refractivity contribution in [3.05, 3.63) is 53.5 Å². The minimum absolute atomic E-state index is 0.0779. The highest BCUT2D eigenvalue weighted by molar-refractivity contribution is 5.95. The van der Waals surface area contributed by atoms with Crippen molar-refractivity contribution in [3.8, 4) is 0 Å². The van der Waals surface area contributed by atoms with Gasteiger partial charge in [-0.05, 0) is 56.7 Å². The Bertz CT molecular complexity index is 941. The molecule has 1 saturated carbocycles. The number of carbonyl (C=O) groups excluding carboxylic acids is 2. The van der Waals surface area contributed by atoms with Crippen LogP contribution in [0.4, 0.5) is 5.69 Å². The number of carbonyl (C=O) groups is 2. The molecule has 158 valence electrons. The highest BCUT2D eigenvalue weighted by atomic mass is 16.3. The molecule has 1 aliphatic carbocycles. The van der Waals surface area contributed by atoms with Crippen LogP contribution in [0.15, 0.2) is 41.0 Å². The van der Waals surface area contributed by atoms with Crippen LogP contribution in [0.25, 0.3) is 0 Å². The lowest BCUT2D eigenvalue weighted by Gasteiger charge is -2.32. The van der Waals surface area contributed by atoms with E-state index in [2.05, 4.69) is 41.4 Å². The molecule has 2 amide bonds. The molecule has 5 rings (SSSR count). The second-order valence-electron chi connectivity index (χ2n) is 8.91. The fourth-order valence-electron chi connectivity index (χ4n) is 4.79. The molecule has 3 heterocycles. The summed E-state index contributed by atoms with van der Waals surface area (Å²) in [6, 6.07) is 10.7. The van der Waals surface area contributed by atoms with Crippen molar-refractivity contribution in [1.82, 2.24) is 10.2 Å². The van der Waals surface area contributed by atoms with Crippen molar-refractivity contribution in [2.45, 2.75) is 57.7 Å². The van der Waals surface area contributed by atoms with Crippen LogP contribution in [0.5, 0.6) is 0 Å². The van der Waals surface area contributed by atoms with E-state index < -0.39 is 0 Å². The zero-order valence-corrected chi connectivity index (χ0v) is 17.5. The number of benzene rings is 1. The first-order valence-electron chi connectivity index (χ1n) is 11.1. The lowest BCUT2D eigenvalue weighted by molar-refractivity contribution is -0.133. The lowest BCUT2D eigenvalue weighted by Crippen LogP contribution is -2.47. The van der Waals surface area contributed by atoms with E-state index in [1.807, 2.05) is 4.90 Å². The number of amides is 2. The van der Waals surface area contributed by atoms with Crippen molar-refractivity contribution in [2.24, 2.45) is 5.92 Å². The SMILES string of the molecule is CC1Cc2ccccc2N1Cc1occc1C(=O)NC1CCN(C(=O)C2CC2)CC1. The van der Waals surface area contributed by atoms with Crippen LogP contribution < -0.4 is 10.2 Å². The molecule has 1 unspecified atom stereocenters. The van der Waals surface area contributed by atoms with Gasteiger partial charge < -0.3 is 19.5 Å². The number of nitrogens with one attached hydrogen (secondary N) is 1. The van der Waals surface area contributed by atoms with E-state index in [-0.39, 0.29) is 17.9 Å². The highest BCUT2D eigenvalue weighted by Gasteiger charge is 2.35. The topological polar surface area (TPSA) is 65.8 Å². The van der Waals surface area contributed by atoms with Crippen LogP contribution in [0.2, 0.25) is 0 Å². The van der Waals surface area contributed by atoms with Crippen LogP contribution in [0.3, 0.4) is 0 Å². The third kappa shape index (κ3) is 3.71. The van der Waals surface area contributed by atoms with Gasteiger partial charge in [-0.25, -0.2) is 0 Å². The zero-order valence-electron chi connectivity index (χ0n) is 17.5. The molecule has 6 nitrogen and oxygen atoms in total. The van der Waals surface area contributed by atoms with Gasteiger partial charge in [0, 0.05) is 36.8 Å². The number of para-hydroxylation sites is 1. The number of piperidine rings is 1. The fourth-order valence-corrected chi connectivity index (χ4v) is 4.79. The molecule has 2 fully saturated rings. The lowest BCUT2D eigenvalue weighted by atomic mass is 10.0. The second kappa shape index (κ2) is 7.82. The molecule has 0 radical (unpaired) electrons. The Balaban J connectivity index is 1.21. The number of furan rings is 1. The Morgan fingerprint density at radius 3 is 2.63 bits per heavy atom. The normalized spacial score (nSPS) is 21.6. The average molecular weight is 408 g/mol. The number of fused-ring (bicyclic) bond motifs is 1. The molecule has 2 aliphatic heterocycles. The van der Waals surface area contributed by atoms with Crippen LogP contribution in [-0.2, 0) is 17.8 Å². The fraction of sp³-hybridized carbons (Fsp3) is 0.500. The third-order valence-corrected chi connectivity index (χ3v) is 6.72. The van der Waals surface area contributed by atoms with E-state index in [0.717, 1.165) is 45.2 Å². The van der Waals surface area contributed by atoms with Crippen molar-refractivity contribution < 1.29 is 14.0 Å². The number of anilines is 1. The van der Waals surface area contributed by atoms with Crippen LogP contribution in [0.1, 0.15) is 54.3 Å². The first-order valence-corrected chi connectivity index (χ1v) is 11.1. The maximum absolute atomic E-state index is 13.0. The quantitative estimate of drug-likeness (QED) is 0.825. The van der Waals surface area contributed by atoms with Gasteiger partial charge in [-0.2, -0.15) is 0 Å². The van der Waals surface area contributed by atoms with E-state index in [4.69, 9.17) is 4.42 Å². The molecule has 0 spiro atoms. The van der Waals surface area contributed by atoms with Crippen molar-refractivity contribution in [1.29, 1.82) is 0 Å². The Kier molecular flexibility index (Phi) is 5.01. The second-order valence-corrected chi connectivity index (χ2v) is 8.91. The summed E-state index contributed by atoms with van der Waals surface area (Å²) in [6.45, 7) is 4.27. The summed E-state index contributed by atoms with van der Waals surface area (Å²) in [5, 5.41) is 3.17. The van der Waals surface area contributed by atoms with Gasteiger partial charge in [0.25, 0.3) is 5.91 Å². The van der Waals surface area contributed by atoms with Gasteiger partial charge in [-0.15, -0.1) is 0 Å². The smallest absolute Gasteiger partial charge is 0.255 e. The number of hydrogen-bond donors (Lipinski definition) is 1. The largest absolute Gasteiger partial charge is 0.467 e. The molecular formula is C24H29N3O3. The molecule has 1 aromatic carbocycles. The standard InChI is InChI=1S/C24H29N3O3/c1-16-14-18-4-2-3-5-21(18)27(16)15-22-20(10-13-30-22)23(28)25-19-8-11-26(12-9-19)24(29)17-6-7-17/h2-5,10,13,16-17,19H,6-9,11-12,14-15H2,1H3,(H,25,28). The first kappa shape index (κ1) is 19.2. The van der Waals surface area contributed by atoms with Gasteiger partial charge in [0.15, 0.2) is 0 Å². The highest BCUT2D eigenvalue weighted by Crippen LogP contribution is 2.34. The van der Waals surface area contributed by atoms with Gasteiger partial charge in [0.1, 0.15) is 5.76 Å². The van der Waals surface area contributed by atoms with Crippen molar-refractivity contribution >= 4 is 17.5 Å². The average Bonchev–Trinajstić information content (AvgIpc) is 3.42. The zero-order chi connectivity index (χ0) is 20.7. The van der Waals surface area contributed by atoms with Gasteiger partial charge in [0.05, 0.1) is 18.4 Å². The predicted octanol–water partition coefficient (Wildman–Crippen LogP) is 3.36. The molecule has 1 aromatic heterocycles. The van der Waals surface area contributed by atoms with Gasteiger partial charge >= 0.3 is 0 Å². The Labute approximate surface area is 177 Å². The van der Waals surface area contributed by atoms with Crippen LogP contribution in [0, 0.1) is 5.92 Å². The minimum Gasteiger partial charge on any atom is -0.467 e.